The lowest BCUT2D eigenvalue weighted by Crippen LogP contribution is -2.40. The second-order valence-corrected chi connectivity index (χ2v) is 10.8. The van der Waals surface area contributed by atoms with E-state index in [1.54, 1.807) is 6.07 Å². The van der Waals surface area contributed by atoms with Gasteiger partial charge in [-0.2, -0.15) is 0 Å². The van der Waals surface area contributed by atoms with Crippen LogP contribution in [0.2, 0.25) is 0 Å². The number of rotatable bonds is 10. The van der Waals surface area contributed by atoms with Gasteiger partial charge in [-0.15, -0.1) is 0 Å². The van der Waals surface area contributed by atoms with Crippen molar-refractivity contribution in [3.05, 3.63) is 53.6 Å². The molecule has 1 amide bonds. The standard InChI is InChI=1S/C27H33ClN2O3S/c1-3-5-12-25-29-27(15-8-9-16-27)26(31)30(25)18-20-13-14-22(21(17-20)19-33-4-2)23-10-6-7-11-24(23)34(28)32/h6-7,10-11,13-14,17H,3-5,8-9,12,15-16,18-19H2,1-2H3. The first-order valence-electron chi connectivity index (χ1n) is 12.3. The van der Waals surface area contributed by atoms with Crippen LogP contribution in [0.1, 0.15) is 69.9 Å². The molecule has 182 valence electrons. The van der Waals surface area contributed by atoms with E-state index in [1.165, 1.54) is 0 Å². The molecule has 1 fully saturated rings. The van der Waals surface area contributed by atoms with Crippen molar-refractivity contribution >= 4 is 32.4 Å². The predicted octanol–water partition coefficient (Wildman–Crippen LogP) is 6.40. The summed E-state index contributed by atoms with van der Waals surface area (Å²) in [6.45, 7) is 5.65. The van der Waals surface area contributed by atoms with E-state index in [4.69, 9.17) is 20.4 Å². The van der Waals surface area contributed by atoms with Gasteiger partial charge in [0.25, 0.3) is 5.91 Å². The summed E-state index contributed by atoms with van der Waals surface area (Å²) < 4.78 is 17.9. The number of carbonyl (C=O) groups excluding carboxylic acids is 1. The van der Waals surface area contributed by atoms with E-state index in [-0.39, 0.29) is 5.91 Å². The maximum atomic E-state index is 13.5. The van der Waals surface area contributed by atoms with Gasteiger partial charge >= 0.3 is 0 Å². The first-order chi connectivity index (χ1) is 16.5. The highest BCUT2D eigenvalue weighted by Gasteiger charge is 2.49. The van der Waals surface area contributed by atoms with Crippen molar-refractivity contribution in [2.75, 3.05) is 6.61 Å². The Labute approximate surface area is 209 Å². The van der Waals surface area contributed by atoms with Gasteiger partial charge in [0.2, 0.25) is 0 Å². The normalized spacial score (nSPS) is 18.0. The monoisotopic (exact) mass is 500 g/mol. The molecule has 0 radical (unpaired) electrons. The molecule has 2 aromatic rings. The van der Waals surface area contributed by atoms with Crippen LogP contribution >= 0.6 is 10.7 Å². The van der Waals surface area contributed by atoms with Crippen molar-refractivity contribution in [1.82, 2.24) is 4.90 Å². The number of carbonyl (C=O) groups is 1. The van der Waals surface area contributed by atoms with Crippen LogP contribution in [0.5, 0.6) is 0 Å². The van der Waals surface area contributed by atoms with Crippen LogP contribution in [0.25, 0.3) is 11.1 Å². The summed E-state index contributed by atoms with van der Waals surface area (Å²) in [5.74, 6) is 1.10. The van der Waals surface area contributed by atoms with E-state index >= 15 is 0 Å². The Hall–Kier alpha value is -2.02. The zero-order chi connectivity index (χ0) is 24.1. The van der Waals surface area contributed by atoms with Crippen LogP contribution in [-0.2, 0) is 32.7 Å². The van der Waals surface area contributed by atoms with E-state index in [0.717, 1.165) is 73.0 Å². The smallest absolute Gasteiger partial charge is 0.256 e. The van der Waals surface area contributed by atoms with E-state index in [1.807, 2.05) is 42.2 Å². The van der Waals surface area contributed by atoms with Crippen LogP contribution < -0.4 is 0 Å². The molecule has 1 spiro atoms. The molecule has 34 heavy (non-hydrogen) atoms. The number of nitrogens with zero attached hydrogens (tertiary/aromatic N) is 2. The fraction of sp³-hybridized carbons (Fsp3) is 0.481. The molecule has 0 aromatic heterocycles. The van der Waals surface area contributed by atoms with Gasteiger partial charge in [0.1, 0.15) is 21.4 Å². The average Bonchev–Trinajstić information content (AvgIpc) is 3.42. The summed E-state index contributed by atoms with van der Waals surface area (Å²) in [4.78, 5) is 21.0. The Morgan fingerprint density at radius 3 is 2.59 bits per heavy atom. The number of halogens is 1. The Morgan fingerprint density at radius 1 is 1.12 bits per heavy atom. The molecule has 1 atom stereocenters. The minimum absolute atomic E-state index is 0.162. The Kier molecular flexibility index (Phi) is 8.22. The zero-order valence-electron chi connectivity index (χ0n) is 20.0. The minimum atomic E-state index is -1.62. The lowest BCUT2D eigenvalue weighted by molar-refractivity contribution is -0.131. The SMILES string of the molecule is CCCCC1=NC2(CCCC2)C(=O)N1Cc1ccc(-c2ccccc2S(=O)Cl)c(COCC)c1. The number of amidine groups is 1. The van der Waals surface area contributed by atoms with Crippen molar-refractivity contribution < 1.29 is 13.7 Å². The highest BCUT2D eigenvalue weighted by molar-refractivity contribution is 8.08. The third kappa shape index (κ3) is 5.14. The van der Waals surface area contributed by atoms with Gasteiger partial charge in [0.05, 0.1) is 18.0 Å². The number of aliphatic imine (C=N–C) groups is 1. The third-order valence-corrected chi connectivity index (χ3v) is 8.01. The van der Waals surface area contributed by atoms with Crippen molar-refractivity contribution in [2.24, 2.45) is 4.99 Å². The fourth-order valence-corrected chi connectivity index (χ4v) is 5.99. The van der Waals surface area contributed by atoms with Crippen molar-refractivity contribution in [2.45, 2.75) is 82.4 Å². The lowest BCUT2D eigenvalue weighted by Gasteiger charge is -2.23. The number of amides is 1. The summed E-state index contributed by atoms with van der Waals surface area (Å²) in [6, 6.07) is 13.7. The van der Waals surface area contributed by atoms with Crippen molar-refractivity contribution in [3.63, 3.8) is 0 Å². The first-order valence-corrected chi connectivity index (χ1v) is 14.2. The van der Waals surface area contributed by atoms with Gasteiger partial charge in [-0.05, 0) is 65.2 Å². The van der Waals surface area contributed by atoms with Crippen LogP contribution in [-0.4, -0.2) is 33.0 Å². The molecule has 0 N–H and O–H groups in total. The molecule has 7 heteroatoms. The Bertz CT molecular complexity index is 1100. The molecule has 0 bridgehead atoms. The highest BCUT2D eigenvalue weighted by Crippen LogP contribution is 2.40. The number of benzene rings is 2. The van der Waals surface area contributed by atoms with Crippen LogP contribution in [0.4, 0.5) is 0 Å². The van der Waals surface area contributed by atoms with Crippen LogP contribution in [0.3, 0.4) is 0 Å². The molecular weight excluding hydrogens is 468 g/mol. The summed E-state index contributed by atoms with van der Waals surface area (Å²) >= 11 is 0. The summed E-state index contributed by atoms with van der Waals surface area (Å²) in [7, 11) is 4.36. The maximum Gasteiger partial charge on any atom is 0.256 e. The minimum Gasteiger partial charge on any atom is -0.377 e. The van der Waals surface area contributed by atoms with E-state index < -0.39 is 15.6 Å². The molecule has 2 aromatic carbocycles. The summed E-state index contributed by atoms with van der Waals surface area (Å²) in [5, 5.41) is 0. The van der Waals surface area contributed by atoms with Gasteiger partial charge in [-0.1, -0.05) is 62.6 Å². The fourth-order valence-electron chi connectivity index (χ4n) is 5.05. The molecule has 0 saturated heterocycles. The first kappa shape index (κ1) is 25.1. The Balaban J connectivity index is 1.67. The van der Waals surface area contributed by atoms with Gasteiger partial charge in [0, 0.05) is 13.0 Å². The molecule has 1 saturated carbocycles. The summed E-state index contributed by atoms with van der Waals surface area (Å²) in [5.41, 5.74) is 3.28. The van der Waals surface area contributed by atoms with E-state index in [9.17, 15) is 9.00 Å². The topological polar surface area (TPSA) is 59.0 Å². The predicted molar refractivity (Wildman–Crippen MR) is 138 cm³/mol. The maximum absolute atomic E-state index is 13.5. The average molecular weight is 501 g/mol. The summed E-state index contributed by atoms with van der Waals surface area (Å²) in [6.07, 6.45) is 6.79. The second-order valence-electron chi connectivity index (χ2n) is 9.11. The third-order valence-electron chi connectivity index (χ3n) is 6.80. The van der Waals surface area contributed by atoms with Gasteiger partial charge < -0.3 is 4.74 Å². The molecular formula is C27H33ClN2O3S. The molecule has 1 aliphatic heterocycles. The van der Waals surface area contributed by atoms with E-state index in [2.05, 4.69) is 13.0 Å². The Morgan fingerprint density at radius 2 is 1.88 bits per heavy atom. The van der Waals surface area contributed by atoms with Crippen molar-refractivity contribution in [3.8, 4) is 11.1 Å². The van der Waals surface area contributed by atoms with Crippen LogP contribution in [0.15, 0.2) is 52.4 Å². The highest BCUT2D eigenvalue weighted by atomic mass is 35.7. The second kappa shape index (κ2) is 11.1. The lowest BCUT2D eigenvalue weighted by atomic mass is 9.96. The molecule has 1 unspecified atom stereocenters. The van der Waals surface area contributed by atoms with Gasteiger partial charge in [0.15, 0.2) is 0 Å². The van der Waals surface area contributed by atoms with Crippen molar-refractivity contribution in [1.29, 1.82) is 0 Å². The largest absolute Gasteiger partial charge is 0.377 e. The number of ether oxygens (including phenoxy) is 1. The number of hydrogen-bond donors (Lipinski definition) is 0. The quantitative estimate of drug-likeness (QED) is 0.355. The van der Waals surface area contributed by atoms with Crippen LogP contribution in [0, 0.1) is 0 Å². The number of unbranched alkanes of at least 4 members (excludes halogenated alkanes) is 1. The molecule has 1 heterocycles. The molecule has 5 nitrogen and oxygen atoms in total. The number of hydrogen-bond acceptors (Lipinski definition) is 4. The van der Waals surface area contributed by atoms with Gasteiger partial charge in [-0.3, -0.25) is 14.7 Å². The van der Waals surface area contributed by atoms with E-state index in [0.29, 0.717) is 24.7 Å². The molecule has 1 aliphatic carbocycles. The van der Waals surface area contributed by atoms with Gasteiger partial charge in [-0.25, -0.2) is 4.21 Å². The molecule has 2 aliphatic rings. The zero-order valence-corrected chi connectivity index (χ0v) is 21.6. The molecule has 4 rings (SSSR count).